The van der Waals surface area contributed by atoms with Crippen LogP contribution in [0, 0.1) is 51.4 Å². The first-order valence-electron chi connectivity index (χ1n) is 7.30. The topological polar surface area (TPSA) is 0 Å². The maximum atomic E-state index is 2.42. The van der Waals surface area contributed by atoms with E-state index in [1.54, 1.807) is 0 Å². The van der Waals surface area contributed by atoms with Crippen molar-refractivity contribution < 1.29 is 26.2 Å². The molecule has 0 aromatic heterocycles. The molecule has 4 rings (SSSR count). The number of rotatable bonds is 0. The van der Waals surface area contributed by atoms with Gasteiger partial charge in [-0.25, -0.2) is 0 Å². The van der Waals surface area contributed by atoms with E-state index in [2.05, 4.69) is 61.4 Å². The van der Waals surface area contributed by atoms with E-state index < -0.39 is 0 Å². The summed E-state index contributed by atoms with van der Waals surface area (Å²) in [5, 5.41) is 0. The van der Waals surface area contributed by atoms with Crippen LogP contribution in [0.4, 0.5) is 0 Å². The van der Waals surface area contributed by atoms with E-state index in [1.807, 2.05) is 0 Å². The van der Waals surface area contributed by atoms with E-state index in [4.69, 9.17) is 0 Å². The number of hydrogen-bond acceptors (Lipinski definition) is 0. The second-order valence-corrected chi connectivity index (χ2v) is 5.65. The fourth-order valence-corrected chi connectivity index (χ4v) is 3.39. The van der Waals surface area contributed by atoms with Crippen LogP contribution in [0.25, 0.3) is 0 Å². The number of hydrogen-bond donors (Lipinski definition) is 0. The molecule has 0 aromatic rings. The van der Waals surface area contributed by atoms with Crippen LogP contribution in [0.15, 0.2) is 48.6 Å². The smallest absolute Gasteiger partial charge is 0.358 e. The first-order chi connectivity index (χ1) is 8.93. The molecule has 0 aromatic carbocycles. The SMILES string of the molecule is C1=CC2[CH-]CCC2C=C1.C1=CC2[CH-]CCC2C=C1.[CH3-].[CH3-].[Zr+4]. The van der Waals surface area contributed by atoms with Crippen molar-refractivity contribution in [2.24, 2.45) is 23.7 Å². The molecule has 112 valence electrons. The third kappa shape index (κ3) is 5.52. The van der Waals surface area contributed by atoms with Crippen molar-refractivity contribution >= 4 is 0 Å². The number of fused-ring (bicyclic) bond motifs is 2. The molecule has 4 aliphatic carbocycles. The average molecular weight is 360 g/mol. The predicted molar refractivity (Wildman–Crippen MR) is 90.4 cm³/mol. The third-order valence-corrected chi connectivity index (χ3v) is 4.47. The van der Waals surface area contributed by atoms with Gasteiger partial charge >= 0.3 is 26.2 Å². The summed E-state index contributed by atoms with van der Waals surface area (Å²) >= 11 is 0. The van der Waals surface area contributed by atoms with Gasteiger partial charge in [-0.3, -0.25) is 0 Å². The first kappa shape index (κ1) is 20.8. The summed E-state index contributed by atoms with van der Waals surface area (Å²) < 4.78 is 0. The molecule has 0 aliphatic heterocycles. The Hall–Kier alpha value is -0.157. The van der Waals surface area contributed by atoms with Crippen LogP contribution in [-0.2, 0) is 26.2 Å². The Morgan fingerprint density at radius 1 is 0.619 bits per heavy atom. The molecule has 2 fully saturated rings. The molecule has 0 nitrogen and oxygen atoms in total. The molecule has 0 heterocycles. The van der Waals surface area contributed by atoms with Gasteiger partial charge in [-0.1, -0.05) is 49.3 Å². The van der Waals surface area contributed by atoms with E-state index in [0.717, 1.165) is 23.7 Å². The summed E-state index contributed by atoms with van der Waals surface area (Å²) in [6.45, 7) is 0. The van der Waals surface area contributed by atoms with Crippen molar-refractivity contribution in [1.29, 1.82) is 0 Å². The summed E-state index contributed by atoms with van der Waals surface area (Å²) in [6.07, 6.45) is 28.1. The van der Waals surface area contributed by atoms with Gasteiger partial charge in [0.25, 0.3) is 0 Å². The van der Waals surface area contributed by atoms with Gasteiger partial charge in [-0.05, 0) is 11.8 Å². The Labute approximate surface area is 151 Å². The Balaban J connectivity index is 0.000000333. The minimum Gasteiger partial charge on any atom is -0.358 e. The van der Waals surface area contributed by atoms with Crippen molar-refractivity contribution in [3.05, 3.63) is 76.3 Å². The zero-order chi connectivity index (χ0) is 12.2. The molecule has 4 unspecified atom stereocenters. The van der Waals surface area contributed by atoms with Crippen LogP contribution >= 0.6 is 0 Å². The van der Waals surface area contributed by atoms with Crippen molar-refractivity contribution in [3.63, 3.8) is 0 Å². The average Bonchev–Trinajstić information content (AvgIpc) is 3.08. The molecule has 0 radical (unpaired) electrons. The van der Waals surface area contributed by atoms with Gasteiger partial charge in [0.2, 0.25) is 0 Å². The van der Waals surface area contributed by atoms with Crippen LogP contribution in [0.1, 0.15) is 25.7 Å². The maximum absolute atomic E-state index is 2.42. The molecular formula is C20H28Zr. The summed E-state index contributed by atoms with van der Waals surface area (Å²) in [5.41, 5.74) is 0. The van der Waals surface area contributed by atoms with Gasteiger partial charge in [0.05, 0.1) is 0 Å². The van der Waals surface area contributed by atoms with Crippen molar-refractivity contribution in [2.45, 2.75) is 25.7 Å². The van der Waals surface area contributed by atoms with Crippen LogP contribution in [-0.4, -0.2) is 0 Å². The zero-order valence-corrected chi connectivity index (χ0v) is 15.9. The molecule has 0 saturated heterocycles. The van der Waals surface area contributed by atoms with E-state index in [0.29, 0.717) is 0 Å². The standard InChI is InChI=1S/2C9H11.2CH3.Zr/c2*1-2-5-9-7-3-6-8(9)4-1;;;/h2*1-2,4-6,8-9H,3,7H2;2*1H3;/q4*-1;+4. The van der Waals surface area contributed by atoms with Crippen molar-refractivity contribution in [2.75, 3.05) is 0 Å². The monoisotopic (exact) mass is 358 g/mol. The molecule has 0 spiro atoms. The van der Waals surface area contributed by atoms with Gasteiger partial charge in [-0.15, -0.1) is 24.0 Å². The molecule has 0 amide bonds. The zero-order valence-electron chi connectivity index (χ0n) is 13.4. The molecule has 21 heavy (non-hydrogen) atoms. The molecule has 0 N–H and O–H groups in total. The van der Waals surface area contributed by atoms with E-state index >= 15 is 0 Å². The van der Waals surface area contributed by atoms with Crippen LogP contribution < -0.4 is 0 Å². The summed E-state index contributed by atoms with van der Waals surface area (Å²) in [7, 11) is 0. The summed E-state index contributed by atoms with van der Waals surface area (Å²) in [6, 6.07) is 0. The Kier molecular flexibility index (Phi) is 10.5. The van der Waals surface area contributed by atoms with E-state index in [-0.39, 0.29) is 41.1 Å². The van der Waals surface area contributed by atoms with Crippen molar-refractivity contribution in [1.82, 2.24) is 0 Å². The van der Waals surface area contributed by atoms with Crippen LogP contribution in [0.3, 0.4) is 0 Å². The maximum Gasteiger partial charge on any atom is 4.00 e. The predicted octanol–water partition coefficient (Wildman–Crippen LogP) is 5.58. The fourth-order valence-electron chi connectivity index (χ4n) is 3.39. The van der Waals surface area contributed by atoms with Crippen LogP contribution in [0.5, 0.6) is 0 Å². The third-order valence-electron chi connectivity index (χ3n) is 4.47. The number of allylic oxidation sites excluding steroid dienone is 8. The Morgan fingerprint density at radius 2 is 1.00 bits per heavy atom. The van der Waals surface area contributed by atoms with Gasteiger partial charge in [-0.2, -0.15) is 12.8 Å². The minimum atomic E-state index is 0. The Morgan fingerprint density at radius 3 is 1.38 bits per heavy atom. The second kappa shape index (κ2) is 10.5. The molecule has 4 aliphatic rings. The van der Waals surface area contributed by atoms with E-state index in [9.17, 15) is 0 Å². The molecule has 4 atom stereocenters. The largest absolute Gasteiger partial charge is 4.00 e. The van der Waals surface area contributed by atoms with E-state index in [1.165, 1.54) is 25.7 Å². The summed E-state index contributed by atoms with van der Waals surface area (Å²) in [5.74, 6) is 3.23. The summed E-state index contributed by atoms with van der Waals surface area (Å²) in [4.78, 5) is 0. The fraction of sp³-hybridized carbons (Fsp3) is 0.400. The molecule has 0 bridgehead atoms. The second-order valence-electron chi connectivity index (χ2n) is 5.65. The first-order valence-corrected chi connectivity index (χ1v) is 7.30. The van der Waals surface area contributed by atoms with Gasteiger partial charge < -0.3 is 27.7 Å². The molecule has 2 saturated carbocycles. The van der Waals surface area contributed by atoms with Crippen LogP contribution in [0.2, 0.25) is 0 Å². The molecule has 1 heteroatoms. The van der Waals surface area contributed by atoms with Gasteiger partial charge in [0, 0.05) is 0 Å². The molecular weight excluding hydrogens is 331 g/mol. The normalized spacial score (nSPS) is 33.5. The van der Waals surface area contributed by atoms with Gasteiger partial charge in [0.1, 0.15) is 0 Å². The Bertz CT molecular complexity index is 315. The minimum absolute atomic E-state index is 0. The van der Waals surface area contributed by atoms with Crippen molar-refractivity contribution in [3.8, 4) is 0 Å². The van der Waals surface area contributed by atoms with Gasteiger partial charge in [0.15, 0.2) is 0 Å². The quantitative estimate of drug-likeness (QED) is 0.495.